The van der Waals surface area contributed by atoms with Crippen LogP contribution in [0.15, 0.2) is 24.7 Å². The third-order valence-corrected chi connectivity index (χ3v) is 5.36. The van der Waals surface area contributed by atoms with Crippen molar-refractivity contribution in [3.8, 4) is 16.9 Å². The second kappa shape index (κ2) is 6.78. The van der Waals surface area contributed by atoms with E-state index in [4.69, 9.17) is 11.6 Å². The highest BCUT2D eigenvalue weighted by molar-refractivity contribution is 6.32. The van der Waals surface area contributed by atoms with Crippen LogP contribution in [0.25, 0.3) is 22.2 Å². The van der Waals surface area contributed by atoms with Crippen LogP contribution < -0.4 is 5.32 Å². The first-order valence-corrected chi connectivity index (χ1v) is 9.17. The van der Waals surface area contributed by atoms with Gasteiger partial charge in [0.15, 0.2) is 0 Å². The molecule has 6 nitrogen and oxygen atoms in total. The molecule has 1 aliphatic rings. The molecule has 0 saturated heterocycles. The number of nitrogens with one attached hydrogen (secondary N) is 2. The summed E-state index contributed by atoms with van der Waals surface area (Å²) in [7, 11) is 0. The first kappa shape index (κ1) is 17.1. The quantitative estimate of drug-likeness (QED) is 0.557. The zero-order chi connectivity index (χ0) is 18.3. The van der Waals surface area contributed by atoms with Crippen molar-refractivity contribution in [1.29, 1.82) is 0 Å². The summed E-state index contributed by atoms with van der Waals surface area (Å²) >= 11 is 6.17. The molecule has 7 heteroatoms. The summed E-state index contributed by atoms with van der Waals surface area (Å²) in [5.74, 6) is 0.875. The number of fused-ring (bicyclic) bond motifs is 1. The van der Waals surface area contributed by atoms with E-state index in [-0.39, 0.29) is 17.9 Å². The number of aliphatic hydroxyl groups excluding tert-OH is 1. The number of hydrogen-bond acceptors (Lipinski definition) is 5. The molecule has 4 rings (SSSR count). The third-order valence-electron chi connectivity index (χ3n) is 5.07. The topological polar surface area (TPSA) is 94.1 Å². The maximum absolute atomic E-state index is 9.94. The Kier molecular flexibility index (Phi) is 4.46. The molecular weight excluding hydrogens is 352 g/mol. The highest BCUT2D eigenvalue weighted by Gasteiger charge is 2.22. The van der Waals surface area contributed by atoms with E-state index in [1.165, 1.54) is 6.33 Å². The van der Waals surface area contributed by atoms with Gasteiger partial charge in [-0.15, -0.1) is 0 Å². The second-order valence-electron chi connectivity index (χ2n) is 6.92. The van der Waals surface area contributed by atoms with Gasteiger partial charge >= 0.3 is 0 Å². The van der Waals surface area contributed by atoms with Crippen molar-refractivity contribution in [3.63, 3.8) is 0 Å². The van der Waals surface area contributed by atoms with Crippen molar-refractivity contribution in [3.05, 3.63) is 35.2 Å². The fourth-order valence-electron chi connectivity index (χ4n) is 3.61. The number of rotatable bonds is 3. The Bertz CT molecular complexity index is 925. The molecule has 136 valence electrons. The molecule has 0 aliphatic heterocycles. The number of phenols is 1. The van der Waals surface area contributed by atoms with Crippen LogP contribution >= 0.6 is 11.6 Å². The highest BCUT2D eigenvalue weighted by atomic mass is 35.5. The lowest BCUT2D eigenvalue weighted by molar-refractivity contribution is 0.126. The van der Waals surface area contributed by atoms with Crippen LogP contribution in [0.2, 0.25) is 5.02 Å². The first-order valence-electron chi connectivity index (χ1n) is 8.79. The minimum Gasteiger partial charge on any atom is -0.506 e. The molecule has 3 aromatic rings. The summed E-state index contributed by atoms with van der Waals surface area (Å²) < 4.78 is 0. The van der Waals surface area contributed by atoms with Gasteiger partial charge in [0.05, 0.1) is 16.5 Å². The summed E-state index contributed by atoms with van der Waals surface area (Å²) in [5, 5.41) is 24.4. The predicted octanol–water partition coefficient (Wildman–Crippen LogP) is 4.01. The van der Waals surface area contributed by atoms with E-state index in [2.05, 4.69) is 20.3 Å². The van der Waals surface area contributed by atoms with E-state index in [0.717, 1.165) is 59.2 Å². The van der Waals surface area contributed by atoms with Crippen molar-refractivity contribution in [2.75, 3.05) is 5.32 Å². The van der Waals surface area contributed by atoms with Crippen LogP contribution in [0.3, 0.4) is 0 Å². The van der Waals surface area contributed by atoms with Gasteiger partial charge in [-0.1, -0.05) is 11.6 Å². The number of halogens is 1. The number of aromatic hydroxyl groups is 1. The Morgan fingerprint density at radius 3 is 2.69 bits per heavy atom. The van der Waals surface area contributed by atoms with E-state index >= 15 is 0 Å². The lowest BCUT2D eigenvalue weighted by Crippen LogP contribution is -2.28. The highest BCUT2D eigenvalue weighted by Crippen LogP contribution is 2.38. The van der Waals surface area contributed by atoms with Crippen LogP contribution in [-0.2, 0) is 0 Å². The van der Waals surface area contributed by atoms with Gasteiger partial charge in [-0.05, 0) is 55.9 Å². The lowest BCUT2D eigenvalue weighted by Gasteiger charge is -2.26. The zero-order valence-corrected chi connectivity index (χ0v) is 15.2. The molecule has 1 saturated carbocycles. The third kappa shape index (κ3) is 3.10. The maximum atomic E-state index is 9.94. The molecule has 0 unspecified atom stereocenters. The molecular formula is C19H21ClN4O2. The fraction of sp³-hybridized carbons (Fsp3) is 0.368. The molecule has 0 atom stereocenters. The van der Waals surface area contributed by atoms with Gasteiger partial charge in [-0.2, -0.15) is 0 Å². The summed E-state index contributed by atoms with van der Waals surface area (Å²) in [4.78, 5) is 12.0. The number of anilines is 1. The largest absolute Gasteiger partial charge is 0.506 e. The molecule has 2 aromatic heterocycles. The molecule has 0 amide bonds. The van der Waals surface area contributed by atoms with Gasteiger partial charge in [-0.3, -0.25) is 0 Å². The van der Waals surface area contributed by atoms with E-state index in [0.29, 0.717) is 5.02 Å². The van der Waals surface area contributed by atoms with Crippen molar-refractivity contribution in [1.82, 2.24) is 15.0 Å². The zero-order valence-electron chi connectivity index (χ0n) is 14.5. The SMILES string of the molecule is Cc1cc(-c2c[nH]c3ncnc(NC4CCC(O)CC4)c23)cc(Cl)c1O. The van der Waals surface area contributed by atoms with Crippen LogP contribution in [0.5, 0.6) is 5.75 Å². The number of aliphatic hydroxyl groups is 1. The summed E-state index contributed by atoms with van der Waals surface area (Å²) in [6.45, 7) is 1.82. The Labute approximate surface area is 156 Å². The predicted molar refractivity (Wildman–Crippen MR) is 103 cm³/mol. The molecule has 2 heterocycles. The minimum atomic E-state index is -0.191. The summed E-state index contributed by atoms with van der Waals surface area (Å²) in [5.41, 5.74) is 3.29. The molecule has 0 radical (unpaired) electrons. The lowest BCUT2D eigenvalue weighted by atomic mass is 9.93. The van der Waals surface area contributed by atoms with Crippen LogP contribution in [-0.4, -0.2) is 37.3 Å². The van der Waals surface area contributed by atoms with Crippen molar-refractivity contribution in [2.24, 2.45) is 0 Å². The molecule has 1 aliphatic carbocycles. The van der Waals surface area contributed by atoms with Crippen molar-refractivity contribution >= 4 is 28.5 Å². The first-order chi connectivity index (χ1) is 12.5. The van der Waals surface area contributed by atoms with Gasteiger partial charge in [0.1, 0.15) is 23.5 Å². The standard InChI is InChI=1S/C19H21ClN4O2/c1-10-6-11(7-15(20)17(10)26)14-8-21-18-16(14)19(23-9-22-18)24-12-2-4-13(25)5-3-12/h6-9,12-13,25-26H,2-5H2,1H3,(H2,21,22,23,24). The Hall–Kier alpha value is -2.31. The number of aryl methyl sites for hydroxylation is 1. The maximum Gasteiger partial charge on any atom is 0.143 e. The Balaban J connectivity index is 1.75. The van der Waals surface area contributed by atoms with E-state index in [1.54, 1.807) is 6.07 Å². The fourth-order valence-corrected chi connectivity index (χ4v) is 3.87. The number of hydrogen-bond donors (Lipinski definition) is 4. The average Bonchev–Trinajstić information content (AvgIpc) is 3.06. The number of phenolic OH excluding ortho intramolecular Hbond substituents is 1. The molecule has 1 aromatic carbocycles. The monoisotopic (exact) mass is 372 g/mol. The molecule has 0 bridgehead atoms. The number of nitrogens with zero attached hydrogens (tertiary/aromatic N) is 2. The smallest absolute Gasteiger partial charge is 0.143 e. The van der Waals surface area contributed by atoms with Gasteiger partial charge in [0.2, 0.25) is 0 Å². The number of H-pyrrole nitrogens is 1. The van der Waals surface area contributed by atoms with E-state index in [1.807, 2.05) is 19.2 Å². The van der Waals surface area contributed by atoms with Gasteiger partial charge < -0.3 is 20.5 Å². The molecule has 1 fully saturated rings. The van der Waals surface area contributed by atoms with Crippen LogP contribution in [0, 0.1) is 6.92 Å². The van der Waals surface area contributed by atoms with Crippen molar-refractivity contribution in [2.45, 2.75) is 44.8 Å². The second-order valence-corrected chi connectivity index (χ2v) is 7.33. The normalized spacial score (nSPS) is 20.4. The molecule has 4 N–H and O–H groups in total. The molecule has 0 spiro atoms. The van der Waals surface area contributed by atoms with E-state index < -0.39 is 0 Å². The Morgan fingerprint density at radius 1 is 1.19 bits per heavy atom. The van der Waals surface area contributed by atoms with Crippen molar-refractivity contribution < 1.29 is 10.2 Å². The Morgan fingerprint density at radius 2 is 1.96 bits per heavy atom. The van der Waals surface area contributed by atoms with Crippen LogP contribution in [0.4, 0.5) is 5.82 Å². The number of aromatic nitrogens is 3. The van der Waals surface area contributed by atoms with Gasteiger partial charge in [-0.25, -0.2) is 9.97 Å². The van der Waals surface area contributed by atoms with E-state index in [9.17, 15) is 10.2 Å². The summed E-state index contributed by atoms with van der Waals surface area (Å²) in [6.07, 6.45) is 6.67. The average molecular weight is 373 g/mol. The number of benzene rings is 1. The van der Waals surface area contributed by atoms with Gasteiger partial charge in [0, 0.05) is 17.8 Å². The summed E-state index contributed by atoms with van der Waals surface area (Å²) in [6, 6.07) is 3.93. The van der Waals surface area contributed by atoms with Gasteiger partial charge in [0.25, 0.3) is 0 Å². The molecule has 26 heavy (non-hydrogen) atoms. The minimum absolute atomic E-state index is 0.102. The van der Waals surface area contributed by atoms with Crippen LogP contribution in [0.1, 0.15) is 31.2 Å². The number of aromatic amines is 1.